The second kappa shape index (κ2) is 10.1. The number of aromatic amines is 1. The predicted octanol–water partition coefficient (Wildman–Crippen LogP) is 5.57. The van der Waals surface area contributed by atoms with Crippen LogP contribution in [0.15, 0.2) is 73.4 Å². The van der Waals surface area contributed by atoms with E-state index in [2.05, 4.69) is 25.6 Å². The summed E-state index contributed by atoms with van der Waals surface area (Å²) in [5.74, 6) is -0.914. The van der Waals surface area contributed by atoms with Crippen LogP contribution in [0.1, 0.15) is 43.1 Å². The molecule has 0 bridgehead atoms. The normalized spacial score (nSPS) is 11.5. The molecule has 3 heterocycles. The number of aromatic nitrogens is 4. The maximum absolute atomic E-state index is 13.6. The molecule has 0 aliphatic heterocycles. The number of hydrogen-bond donors (Lipinski definition) is 3. The molecule has 0 aliphatic carbocycles. The Morgan fingerprint density at radius 1 is 0.974 bits per heavy atom. The van der Waals surface area contributed by atoms with Gasteiger partial charge in [-0.3, -0.25) is 9.59 Å². The SMILES string of the molecule is Cc1cn(-c2cc(NC(=O)c3ccc(C)c(CNC(=O)c4cnc5[nH]ccc5c4)c3)cc(C(F)(F)F)c2)cn1. The van der Waals surface area contributed by atoms with Crippen LogP contribution in [0.5, 0.6) is 0 Å². The average molecular weight is 533 g/mol. The first kappa shape index (κ1) is 25.7. The van der Waals surface area contributed by atoms with Crippen molar-refractivity contribution in [3.05, 3.63) is 107 Å². The minimum atomic E-state index is -4.61. The number of anilines is 1. The summed E-state index contributed by atoms with van der Waals surface area (Å²) >= 11 is 0. The summed E-state index contributed by atoms with van der Waals surface area (Å²) < 4.78 is 42.2. The molecule has 0 radical (unpaired) electrons. The molecular weight excluding hydrogens is 509 g/mol. The second-order valence-electron chi connectivity index (χ2n) is 9.11. The number of benzene rings is 2. The monoisotopic (exact) mass is 532 g/mol. The van der Waals surface area contributed by atoms with Crippen molar-refractivity contribution in [3.63, 3.8) is 0 Å². The summed E-state index contributed by atoms with van der Waals surface area (Å²) in [6.07, 6.45) is 1.59. The number of alkyl halides is 3. The van der Waals surface area contributed by atoms with Crippen molar-refractivity contribution in [1.82, 2.24) is 24.8 Å². The first-order valence-electron chi connectivity index (χ1n) is 11.9. The zero-order chi connectivity index (χ0) is 27.7. The third-order valence-corrected chi connectivity index (χ3v) is 6.23. The van der Waals surface area contributed by atoms with Gasteiger partial charge in [0.25, 0.3) is 11.8 Å². The molecule has 0 aliphatic rings. The maximum atomic E-state index is 13.6. The van der Waals surface area contributed by atoms with Gasteiger partial charge in [0.1, 0.15) is 5.65 Å². The largest absolute Gasteiger partial charge is 0.416 e. The number of aryl methyl sites for hydroxylation is 2. The predicted molar refractivity (Wildman–Crippen MR) is 140 cm³/mol. The number of pyridine rings is 1. The lowest BCUT2D eigenvalue weighted by molar-refractivity contribution is -0.137. The van der Waals surface area contributed by atoms with E-state index in [4.69, 9.17) is 0 Å². The number of hydrogen-bond acceptors (Lipinski definition) is 4. The molecule has 0 fully saturated rings. The molecule has 5 rings (SSSR count). The number of rotatable bonds is 6. The molecule has 8 nitrogen and oxygen atoms in total. The number of imidazole rings is 1. The summed E-state index contributed by atoms with van der Waals surface area (Å²) in [5.41, 5.74) is 2.75. The van der Waals surface area contributed by atoms with Crippen LogP contribution >= 0.6 is 0 Å². The van der Waals surface area contributed by atoms with Crippen LogP contribution in [0.2, 0.25) is 0 Å². The van der Waals surface area contributed by atoms with Crippen LogP contribution < -0.4 is 10.6 Å². The van der Waals surface area contributed by atoms with E-state index >= 15 is 0 Å². The van der Waals surface area contributed by atoms with Crippen molar-refractivity contribution in [2.45, 2.75) is 26.6 Å². The second-order valence-corrected chi connectivity index (χ2v) is 9.11. The lowest BCUT2D eigenvalue weighted by Gasteiger charge is -2.14. The molecular formula is C28H23F3N6O2. The zero-order valence-electron chi connectivity index (χ0n) is 20.9. The van der Waals surface area contributed by atoms with E-state index in [1.807, 2.05) is 13.0 Å². The number of fused-ring (bicyclic) bond motifs is 1. The molecule has 3 aromatic heterocycles. The lowest BCUT2D eigenvalue weighted by atomic mass is 10.0. The zero-order valence-corrected chi connectivity index (χ0v) is 20.9. The Labute approximate surface area is 220 Å². The van der Waals surface area contributed by atoms with E-state index in [0.29, 0.717) is 22.5 Å². The fourth-order valence-electron chi connectivity index (χ4n) is 4.11. The van der Waals surface area contributed by atoms with Crippen molar-refractivity contribution in [3.8, 4) is 5.69 Å². The van der Waals surface area contributed by atoms with Gasteiger partial charge < -0.3 is 20.2 Å². The van der Waals surface area contributed by atoms with Crippen molar-refractivity contribution < 1.29 is 22.8 Å². The lowest BCUT2D eigenvalue weighted by Crippen LogP contribution is -2.23. The maximum Gasteiger partial charge on any atom is 0.416 e. The molecule has 5 aromatic rings. The molecule has 39 heavy (non-hydrogen) atoms. The topological polar surface area (TPSA) is 105 Å². The molecule has 0 saturated heterocycles. The smallest absolute Gasteiger partial charge is 0.348 e. The number of amides is 2. The standard InChI is InChI=1S/C28H23F3N6O2/c1-16-3-4-19(8-20(16)12-34-26(38)21-7-18-5-6-32-25(18)33-13-21)27(39)36-23-9-22(28(29,30)31)10-24(11-23)37-14-17(2)35-15-37/h3-11,13-15H,12H2,1-2H3,(H,32,33)(H,34,38)(H,36,39). The summed E-state index contributed by atoms with van der Waals surface area (Å²) in [7, 11) is 0. The van der Waals surface area contributed by atoms with Crippen LogP contribution in [-0.4, -0.2) is 31.3 Å². The average Bonchev–Trinajstić information content (AvgIpc) is 3.55. The van der Waals surface area contributed by atoms with Crippen molar-refractivity contribution >= 4 is 28.5 Å². The van der Waals surface area contributed by atoms with Gasteiger partial charge >= 0.3 is 6.18 Å². The van der Waals surface area contributed by atoms with Gasteiger partial charge in [0.15, 0.2) is 0 Å². The van der Waals surface area contributed by atoms with Gasteiger partial charge in [-0.05, 0) is 67.4 Å². The highest BCUT2D eigenvalue weighted by atomic mass is 19.4. The van der Waals surface area contributed by atoms with Crippen LogP contribution in [-0.2, 0) is 12.7 Å². The fraction of sp³-hybridized carbons (Fsp3) is 0.143. The number of halogens is 3. The summed E-state index contributed by atoms with van der Waals surface area (Å²) in [6, 6.07) is 11.8. The Kier molecular flexibility index (Phi) is 6.65. The molecule has 2 amide bonds. The number of carbonyl (C=O) groups is 2. The van der Waals surface area contributed by atoms with Crippen LogP contribution in [0.4, 0.5) is 18.9 Å². The third kappa shape index (κ3) is 5.66. The van der Waals surface area contributed by atoms with Gasteiger partial charge in [-0.15, -0.1) is 0 Å². The highest BCUT2D eigenvalue weighted by Crippen LogP contribution is 2.33. The first-order chi connectivity index (χ1) is 18.6. The molecule has 0 unspecified atom stereocenters. The minimum Gasteiger partial charge on any atom is -0.348 e. The summed E-state index contributed by atoms with van der Waals surface area (Å²) in [4.78, 5) is 37.0. The van der Waals surface area contributed by atoms with Gasteiger partial charge in [0.2, 0.25) is 0 Å². The van der Waals surface area contributed by atoms with E-state index < -0.39 is 17.6 Å². The van der Waals surface area contributed by atoms with Crippen LogP contribution in [0.3, 0.4) is 0 Å². The number of H-pyrrole nitrogens is 1. The Morgan fingerprint density at radius 2 is 1.79 bits per heavy atom. The van der Waals surface area contributed by atoms with Crippen molar-refractivity contribution in [2.24, 2.45) is 0 Å². The fourth-order valence-corrected chi connectivity index (χ4v) is 4.11. The van der Waals surface area contributed by atoms with E-state index in [1.165, 1.54) is 23.2 Å². The van der Waals surface area contributed by atoms with Crippen LogP contribution in [0.25, 0.3) is 16.7 Å². The van der Waals surface area contributed by atoms with Crippen molar-refractivity contribution in [2.75, 3.05) is 5.32 Å². The summed E-state index contributed by atoms with van der Waals surface area (Å²) in [5, 5.41) is 6.20. The molecule has 0 atom stereocenters. The Morgan fingerprint density at radius 3 is 2.54 bits per heavy atom. The van der Waals surface area contributed by atoms with Gasteiger partial charge in [0.05, 0.1) is 23.1 Å². The Bertz CT molecular complexity index is 1700. The molecule has 0 spiro atoms. The molecule has 198 valence electrons. The highest BCUT2D eigenvalue weighted by Gasteiger charge is 2.31. The molecule has 0 saturated carbocycles. The molecule has 2 aromatic carbocycles. The number of nitrogens with one attached hydrogen (secondary N) is 3. The Balaban J connectivity index is 1.34. The Hall–Kier alpha value is -4.93. The molecule has 11 heteroatoms. The van der Waals surface area contributed by atoms with Gasteiger partial charge in [0, 0.05) is 47.5 Å². The van der Waals surface area contributed by atoms with Crippen molar-refractivity contribution in [1.29, 1.82) is 0 Å². The van der Waals surface area contributed by atoms with E-state index in [1.54, 1.807) is 43.6 Å². The van der Waals surface area contributed by atoms with Gasteiger partial charge in [-0.2, -0.15) is 13.2 Å². The highest BCUT2D eigenvalue weighted by molar-refractivity contribution is 6.04. The first-order valence-corrected chi connectivity index (χ1v) is 11.9. The number of carbonyl (C=O) groups excluding carboxylic acids is 2. The minimum absolute atomic E-state index is 0.0146. The van der Waals surface area contributed by atoms with E-state index in [9.17, 15) is 22.8 Å². The van der Waals surface area contributed by atoms with Crippen LogP contribution in [0, 0.1) is 13.8 Å². The van der Waals surface area contributed by atoms with Gasteiger partial charge in [-0.25, -0.2) is 9.97 Å². The molecule has 3 N–H and O–H groups in total. The quantitative estimate of drug-likeness (QED) is 0.266. The van der Waals surface area contributed by atoms with E-state index in [0.717, 1.165) is 23.1 Å². The van der Waals surface area contributed by atoms with Gasteiger partial charge in [-0.1, -0.05) is 6.07 Å². The van der Waals surface area contributed by atoms with E-state index in [-0.39, 0.29) is 29.4 Å². The number of nitrogens with zero attached hydrogens (tertiary/aromatic N) is 3. The summed E-state index contributed by atoms with van der Waals surface area (Å²) in [6.45, 7) is 3.70. The third-order valence-electron chi connectivity index (χ3n) is 6.23.